The van der Waals surface area contributed by atoms with Gasteiger partial charge >= 0.3 is 0 Å². The molecule has 2 amide bonds. The van der Waals surface area contributed by atoms with Crippen molar-refractivity contribution in [2.24, 2.45) is 17.6 Å². The maximum absolute atomic E-state index is 10.7. The standard InChI is InChI=1S/C5H9N5O2/c6-2-3(5(12)10-8)1-4(11)9-7/h3H,1,7-8H2,(H,9,11)(H,10,12)/t3-/m1/s1. The smallest absolute Gasteiger partial charge is 0.251 e. The van der Waals surface area contributed by atoms with Crippen LogP contribution in [0.4, 0.5) is 0 Å². The Bertz CT molecular complexity index is 220. The van der Waals surface area contributed by atoms with Gasteiger partial charge in [0, 0.05) is 0 Å². The molecule has 0 fully saturated rings. The predicted octanol–water partition coefficient (Wildman–Crippen LogP) is -2.50. The summed E-state index contributed by atoms with van der Waals surface area (Å²) in [7, 11) is 0. The maximum Gasteiger partial charge on any atom is 0.251 e. The molecule has 7 heteroatoms. The van der Waals surface area contributed by atoms with Crippen LogP contribution in [0.3, 0.4) is 0 Å². The Hall–Kier alpha value is -1.65. The Kier molecular flexibility index (Phi) is 4.36. The second kappa shape index (κ2) is 5.06. The summed E-state index contributed by atoms with van der Waals surface area (Å²) in [6.45, 7) is 0. The molecular formula is C5H9N5O2. The number of hydrogen-bond donors (Lipinski definition) is 4. The van der Waals surface area contributed by atoms with E-state index in [9.17, 15) is 9.59 Å². The van der Waals surface area contributed by atoms with E-state index >= 15 is 0 Å². The maximum atomic E-state index is 10.7. The molecule has 0 spiro atoms. The molecule has 0 heterocycles. The molecule has 12 heavy (non-hydrogen) atoms. The van der Waals surface area contributed by atoms with Crippen molar-refractivity contribution in [2.75, 3.05) is 0 Å². The molecule has 0 unspecified atom stereocenters. The average Bonchev–Trinajstić information content (AvgIpc) is 2.12. The number of hydrogen-bond acceptors (Lipinski definition) is 5. The predicted molar refractivity (Wildman–Crippen MR) is 38.4 cm³/mol. The molecule has 0 radical (unpaired) electrons. The largest absolute Gasteiger partial charge is 0.294 e. The van der Waals surface area contributed by atoms with Gasteiger partial charge in [-0.3, -0.25) is 20.4 Å². The van der Waals surface area contributed by atoms with Crippen molar-refractivity contribution in [3.05, 3.63) is 0 Å². The van der Waals surface area contributed by atoms with E-state index in [0.717, 1.165) is 0 Å². The highest BCUT2D eigenvalue weighted by Crippen LogP contribution is 1.99. The summed E-state index contributed by atoms with van der Waals surface area (Å²) in [5, 5.41) is 8.38. The Labute approximate surface area is 68.6 Å². The van der Waals surface area contributed by atoms with E-state index in [1.165, 1.54) is 0 Å². The number of hydrazine groups is 2. The van der Waals surface area contributed by atoms with Crippen LogP contribution < -0.4 is 22.5 Å². The summed E-state index contributed by atoms with van der Waals surface area (Å²) in [6, 6.07) is 1.61. The minimum Gasteiger partial charge on any atom is -0.294 e. The van der Waals surface area contributed by atoms with Crippen LogP contribution in [0.1, 0.15) is 6.42 Å². The average molecular weight is 171 g/mol. The number of rotatable bonds is 3. The molecule has 0 aliphatic rings. The number of nitrogens with zero attached hydrogens (tertiary/aromatic N) is 1. The third-order valence-electron chi connectivity index (χ3n) is 1.17. The Morgan fingerprint density at radius 3 is 2.33 bits per heavy atom. The lowest BCUT2D eigenvalue weighted by Crippen LogP contribution is -2.39. The molecule has 0 saturated heterocycles. The third kappa shape index (κ3) is 2.96. The van der Waals surface area contributed by atoms with Gasteiger partial charge in [0.15, 0.2) is 0 Å². The SMILES string of the molecule is N#C[C@@H](CC(=O)NN)C(=O)NN. The van der Waals surface area contributed by atoms with Crippen molar-refractivity contribution in [3.63, 3.8) is 0 Å². The lowest BCUT2D eigenvalue weighted by molar-refractivity contribution is -0.128. The van der Waals surface area contributed by atoms with Crippen LogP contribution >= 0.6 is 0 Å². The highest BCUT2D eigenvalue weighted by molar-refractivity contribution is 5.87. The molecule has 7 nitrogen and oxygen atoms in total. The van der Waals surface area contributed by atoms with Gasteiger partial charge in [-0.1, -0.05) is 0 Å². The lowest BCUT2D eigenvalue weighted by Gasteiger charge is -2.04. The minimum atomic E-state index is -1.10. The number of nitriles is 1. The molecule has 0 aliphatic heterocycles. The lowest BCUT2D eigenvalue weighted by atomic mass is 10.1. The molecule has 0 aromatic rings. The van der Waals surface area contributed by atoms with Crippen molar-refractivity contribution in [1.82, 2.24) is 10.9 Å². The fourth-order valence-electron chi connectivity index (χ4n) is 0.542. The zero-order chi connectivity index (χ0) is 9.56. The van der Waals surface area contributed by atoms with Gasteiger partial charge in [-0.2, -0.15) is 5.26 Å². The molecule has 66 valence electrons. The van der Waals surface area contributed by atoms with Gasteiger partial charge in [0.05, 0.1) is 12.5 Å². The second-order valence-electron chi connectivity index (χ2n) is 1.96. The first-order valence-electron chi connectivity index (χ1n) is 3.05. The highest BCUT2D eigenvalue weighted by Gasteiger charge is 2.19. The number of amides is 2. The molecule has 0 aromatic carbocycles. The summed E-state index contributed by atoms with van der Waals surface area (Å²) in [4.78, 5) is 21.3. The molecular weight excluding hydrogens is 162 g/mol. The van der Waals surface area contributed by atoms with E-state index in [2.05, 4.69) is 0 Å². The summed E-state index contributed by atoms with van der Waals surface area (Å²) in [6.07, 6.45) is -0.296. The zero-order valence-electron chi connectivity index (χ0n) is 6.20. The molecule has 0 aromatic heterocycles. The number of nitrogens with two attached hydrogens (primary N) is 2. The van der Waals surface area contributed by atoms with Gasteiger partial charge in [-0.25, -0.2) is 11.7 Å². The minimum absolute atomic E-state index is 0.296. The summed E-state index contributed by atoms with van der Waals surface area (Å²) in [5.74, 6) is 7.10. The van der Waals surface area contributed by atoms with Gasteiger partial charge in [0.2, 0.25) is 5.91 Å². The molecule has 0 aliphatic carbocycles. The van der Waals surface area contributed by atoms with E-state index in [-0.39, 0.29) is 6.42 Å². The van der Waals surface area contributed by atoms with Crippen molar-refractivity contribution in [3.8, 4) is 6.07 Å². The van der Waals surface area contributed by atoms with Gasteiger partial charge in [0.25, 0.3) is 5.91 Å². The number of nitrogens with one attached hydrogen (secondary N) is 2. The van der Waals surface area contributed by atoms with Crippen molar-refractivity contribution >= 4 is 11.8 Å². The summed E-state index contributed by atoms with van der Waals surface area (Å²) in [5.41, 5.74) is 3.56. The van der Waals surface area contributed by atoms with Crippen LogP contribution in [0.2, 0.25) is 0 Å². The zero-order valence-corrected chi connectivity index (χ0v) is 6.20. The summed E-state index contributed by atoms with van der Waals surface area (Å²) < 4.78 is 0. The molecule has 1 atom stereocenters. The molecule has 0 rings (SSSR count). The Morgan fingerprint density at radius 1 is 1.42 bits per heavy atom. The van der Waals surface area contributed by atoms with E-state index in [1.54, 1.807) is 16.9 Å². The molecule has 0 saturated carbocycles. The monoisotopic (exact) mass is 171 g/mol. The second-order valence-corrected chi connectivity index (χ2v) is 1.96. The van der Waals surface area contributed by atoms with Crippen LogP contribution in [0.5, 0.6) is 0 Å². The fraction of sp³-hybridized carbons (Fsp3) is 0.400. The number of carbonyl (C=O) groups excluding carboxylic acids is 2. The van der Waals surface area contributed by atoms with Crippen molar-refractivity contribution in [2.45, 2.75) is 6.42 Å². The first kappa shape index (κ1) is 10.3. The first-order chi connectivity index (χ1) is 5.65. The van der Waals surface area contributed by atoms with Gasteiger partial charge in [-0.15, -0.1) is 0 Å². The number of carbonyl (C=O) groups is 2. The fourth-order valence-corrected chi connectivity index (χ4v) is 0.542. The van der Waals surface area contributed by atoms with Crippen LogP contribution in [0.25, 0.3) is 0 Å². The van der Waals surface area contributed by atoms with E-state index in [0.29, 0.717) is 0 Å². The van der Waals surface area contributed by atoms with Crippen LogP contribution in [-0.4, -0.2) is 11.8 Å². The highest BCUT2D eigenvalue weighted by atomic mass is 16.2. The Balaban J connectivity index is 4.11. The van der Waals surface area contributed by atoms with E-state index in [1.807, 2.05) is 0 Å². The summed E-state index contributed by atoms with van der Waals surface area (Å²) >= 11 is 0. The molecule has 0 bridgehead atoms. The van der Waals surface area contributed by atoms with Crippen LogP contribution in [0, 0.1) is 17.2 Å². The normalized spacial score (nSPS) is 11.1. The van der Waals surface area contributed by atoms with Gasteiger partial charge in [0.1, 0.15) is 5.92 Å². The van der Waals surface area contributed by atoms with Crippen LogP contribution in [-0.2, 0) is 9.59 Å². The van der Waals surface area contributed by atoms with Gasteiger partial charge < -0.3 is 0 Å². The Morgan fingerprint density at radius 2 is 2.00 bits per heavy atom. The van der Waals surface area contributed by atoms with E-state index in [4.69, 9.17) is 16.9 Å². The van der Waals surface area contributed by atoms with Gasteiger partial charge in [-0.05, 0) is 0 Å². The first-order valence-corrected chi connectivity index (χ1v) is 3.05. The molecule has 6 N–H and O–H groups in total. The van der Waals surface area contributed by atoms with Crippen LogP contribution in [0.15, 0.2) is 0 Å². The topological polar surface area (TPSA) is 134 Å². The third-order valence-corrected chi connectivity index (χ3v) is 1.17. The quantitative estimate of drug-likeness (QED) is 0.211. The van der Waals surface area contributed by atoms with Crippen molar-refractivity contribution < 1.29 is 9.59 Å². The van der Waals surface area contributed by atoms with Crippen molar-refractivity contribution in [1.29, 1.82) is 5.26 Å². The van der Waals surface area contributed by atoms with E-state index < -0.39 is 17.7 Å².